The quantitative estimate of drug-likeness (QED) is 0.577. The highest BCUT2D eigenvalue weighted by Crippen LogP contribution is 2.28. The first kappa shape index (κ1) is 18.2. The summed E-state index contributed by atoms with van der Waals surface area (Å²) in [6.07, 6.45) is 0. The second kappa shape index (κ2) is 8.20. The van der Waals surface area contributed by atoms with Crippen LogP contribution in [0.3, 0.4) is 0 Å². The molecule has 0 bridgehead atoms. The number of anilines is 2. The number of benzene rings is 2. The molecule has 3 aromatic rings. The number of methoxy groups -OCH3 is 2. The highest BCUT2D eigenvalue weighted by molar-refractivity contribution is 9.10. The summed E-state index contributed by atoms with van der Waals surface area (Å²) in [5.41, 5.74) is 2.35. The zero-order valence-corrected chi connectivity index (χ0v) is 16.5. The van der Waals surface area contributed by atoms with Crippen molar-refractivity contribution in [2.45, 2.75) is 0 Å². The Hall–Kier alpha value is -2.58. The Kier molecular flexibility index (Phi) is 5.75. The van der Waals surface area contributed by atoms with Crippen LogP contribution in [0.4, 0.5) is 15.6 Å². The molecule has 134 valence electrons. The lowest BCUT2D eigenvalue weighted by Crippen LogP contribution is -2.19. The van der Waals surface area contributed by atoms with Crippen molar-refractivity contribution in [3.8, 4) is 22.8 Å². The van der Waals surface area contributed by atoms with Gasteiger partial charge in [-0.15, -0.1) is 11.3 Å². The van der Waals surface area contributed by atoms with Crippen molar-refractivity contribution in [2.24, 2.45) is 0 Å². The highest BCUT2D eigenvalue weighted by atomic mass is 79.9. The van der Waals surface area contributed by atoms with E-state index >= 15 is 0 Å². The van der Waals surface area contributed by atoms with Crippen molar-refractivity contribution in [1.82, 2.24) is 4.98 Å². The van der Waals surface area contributed by atoms with Gasteiger partial charge in [0, 0.05) is 39.3 Å². The summed E-state index contributed by atoms with van der Waals surface area (Å²) in [5.74, 6) is 1.18. The van der Waals surface area contributed by atoms with Crippen LogP contribution >= 0.6 is 27.3 Å². The molecule has 1 aromatic heterocycles. The van der Waals surface area contributed by atoms with Crippen LogP contribution in [0.1, 0.15) is 0 Å². The van der Waals surface area contributed by atoms with Crippen molar-refractivity contribution >= 4 is 44.1 Å². The van der Waals surface area contributed by atoms with Gasteiger partial charge in [0.25, 0.3) is 0 Å². The van der Waals surface area contributed by atoms with Crippen molar-refractivity contribution < 1.29 is 14.3 Å². The third-order valence-corrected chi connectivity index (χ3v) is 4.76. The van der Waals surface area contributed by atoms with Gasteiger partial charge in [0.15, 0.2) is 5.13 Å². The Balaban J connectivity index is 1.68. The summed E-state index contributed by atoms with van der Waals surface area (Å²) < 4.78 is 11.4. The van der Waals surface area contributed by atoms with E-state index in [2.05, 4.69) is 31.5 Å². The van der Waals surface area contributed by atoms with Crippen LogP contribution in [0.5, 0.6) is 11.5 Å². The molecular weight excluding hydrogens is 418 g/mol. The van der Waals surface area contributed by atoms with E-state index in [1.165, 1.54) is 11.3 Å². The molecule has 0 saturated heterocycles. The first-order chi connectivity index (χ1) is 12.6. The summed E-state index contributed by atoms with van der Waals surface area (Å²) >= 11 is 4.77. The predicted molar refractivity (Wildman–Crippen MR) is 107 cm³/mol. The molecule has 0 fully saturated rings. The van der Waals surface area contributed by atoms with Crippen molar-refractivity contribution in [2.75, 3.05) is 24.9 Å². The lowest BCUT2D eigenvalue weighted by Gasteiger charge is -2.09. The number of nitrogens with zero attached hydrogens (tertiary/aromatic N) is 1. The van der Waals surface area contributed by atoms with Crippen LogP contribution in [0.25, 0.3) is 11.3 Å². The number of carbonyl (C=O) groups excluding carboxylic acids is 1. The average molecular weight is 434 g/mol. The topological polar surface area (TPSA) is 72.5 Å². The zero-order valence-electron chi connectivity index (χ0n) is 14.1. The highest BCUT2D eigenvalue weighted by Gasteiger charge is 2.10. The van der Waals surface area contributed by atoms with E-state index in [4.69, 9.17) is 9.47 Å². The van der Waals surface area contributed by atoms with Crippen molar-refractivity contribution in [1.29, 1.82) is 0 Å². The summed E-state index contributed by atoms with van der Waals surface area (Å²) in [5, 5.41) is 7.89. The Morgan fingerprint density at radius 3 is 2.31 bits per heavy atom. The number of hydrogen-bond acceptors (Lipinski definition) is 5. The van der Waals surface area contributed by atoms with Crippen LogP contribution in [-0.2, 0) is 0 Å². The number of thiazole rings is 1. The van der Waals surface area contributed by atoms with Crippen LogP contribution in [-0.4, -0.2) is 25.2 Å². The number of urea groups is 1. The molecule has 8 heteroatoms. The van der Waals surface area contributed by atoms with Gasteiger partial charge in [-0.3, -0.25) is 5.32 Å². The van der Waals surface area contributed by atoms with E-state index in [1.807, 2.05) is 29.6 Å². The van der Waals surface area contributed by atoms with E-state index in [-0.39, 0.29) is 0 Å². The molecule has 0 atom stereocenters. The minimum atomic E-state index is -0.392. The zero-order chi connectivity index (χ0) is 18.5. The molecule has 2 N–H and O–H groups in total. The molecular formula is C18H16BrN3O3S. The summed E-state index contributed by atoms with van der Waals surface area (Å²) in [6.45, 7) is 0. The van der Waals surface area contributed by atoms with Gasteiger partial charge in [-0.05, 0) is 12.1 Å². The summed E-state index contributed by atoms with van der Waals surface area (Å²) in [7, 11) is 3.11. The minimum Gasteiger partial charge on any atom is -0.497 e. The van der Waals surface area contributed by atoms with Gasteiger partial charge < -0.3 is 14.8 Å². The molecule has 0 unspecified atom stereocenters. The summed E-state index contributed by atoms with van der Waals surface area (Å²) in [4.78, 5) is 16.7. The van der Waals surface area contributed by atoms with Gasteiger partial charge >= 0.3 is 6.03 Å². The Morgan fingerprint density at radius 2 is 1.69 bits per heavy atom. The Morgan fingerprint density at radius 1 is 1.04 bits per heavy atom. The summed E-state index contributed by atoms with van der Waals surface area (Å²) in [6, 6.07) is 12.6. The monoisotopic (exact) mass is 433 g/mol. The molecule has 1 heterocycles. The maximum atomic E-state index is 12.2. The number of amides is 2. The largest absolute Gasteiger partial charge is 0.497 e. The first-order valence-electron chi connectivity index (χ1n) is 7.60. The number of aromatic nitrogens is 1. The van der Waals surface area contributed by atoms with E-state index in [9.17, 15) is 4.79 Å². The molecule has 0 spiro atoms. The average Bonchev–Trinajstić information content (AvgIpc) is 3.10. The normalized spacial score (nSPS) is 10.3. The smallest absolute Gasteiger partial charge is 0.325 e. The fraction of sp³-hybridized carbons (Fsp3) is 0.111. The molecule has 6 nitrogen and oxygen atoms in total. The molecule has 0 radical (unpaired) electrons. The SMILES string of the molecule is COc1cc(NC(=O)Nc2nc(-c3ccc(Br)cc3)cs2)cc(OC)c1. The number of ether oxygens (including phenoxy) is 2. The molecule has 2 aromatic carbocycles. The van der Waals surface area contributed by atoms with Crippen LogP contribution in [0.2, 0.25) is 0 Å². The third kappa shape index (κ3) is 4.53. The number of nitrogens with one attached hydrogen (secondary N) is 2. The van der Waals surface area contributed by atoms with Crippen molar-refractivity contribution in [3.05, 3.63) is 52.3 Å². The maximum Gasteiger partial charge on any atom is 0.325 e. The maximum absolute atomic E-state index is 12.2. The van der Waals surface area contributed by atoms with E-state index in [0.29, 0.717) is 22.3 Å². The predicted octanol–water partition coefficient (Wildman–Crippen LogP) is 5.23. The van der Waals surface area contributed by atoms with E-state index in [1.54, 1.807) is 32.4 Å². The van der Waals surface area contributed by atoms with Gasteiger partial charge in [-0.25, -0.2) is 9.78 Å². The number of hydrogen-bond donors (Lipinski definition) is 2. The van der Waals surface area contributed by atoms with Crippen LogP contribution < -0.4 is 20.1 Å². The lowest BCUT2D eigenvalue weighted by atomic mass is 10.2. The standard InChI is InChI=1S/C18H16BrN3O3S/c1-24-14-7-13(8-15(9-14)25-2)20-17(23)22-18-21-16(10-26-18)11-3-5-12(19)6-4-11/h3-10H,1-2H3,(H2,20,21,22,23). The minimum absolute atomic E-state index is 0.392. The van der Waals surface area contributed by atoms with Gasteiger partial charge in [0.2, 0.25) is 0 Å². The van der Waals surface area contributed by atoms with Crippen LogP contribution in [0, 0.1) is 0 Å². The fourth-order valence-electron chi connectivity index (χ4n) is 2.22. The molecule has 0 saturated carbocycles. The number of carbonyl (C=O) groups is 1. The van der Waals surface area contributed by atoms with Gasteiger partial charge in [-0.2, -0.15) is 0 Å². The molecule has 0 aliphatic rings. The van der Waals surface area contributed by atoms with Crippen molar-refractivity contribution in [3.63, 3.8) is 0 Å². The third-order valence-electron chi connectivity index (χ3n) is 3.47. The Labute approximate surface area is 163 Å². The molecule has 2 amide bonds. The van der Waals surface area contributed by atoms with E-state index < -0.39 is 6.03 Å². The Bertz CT molecular complexity index is 890. The molecule has 0 aliphatic carbocycles. The lowest BCUT2D eigenvalue weighted by molar-refractivity contribution is 0.262. The van der Waals surface area contributed by atoms with Gasteiger partial charge in [0.1, 0.15) is 11.5 Å². The van der Waals surface area contributed by atoms with Gasteiger partial charge in [-0.1, -0.05) is 28.1 Å². The van der Waals surface area contributed by atoms with E-state index in [0.717, 1.165) is 15.7 Å². The van der Waals surface area contributed by atoms with Crippen LogP contribution in [0.15, 0.2) is 52.3 Å². The second-order valence-electron chi connectivity index (χ2n) is 5.23. The molecule has 26 heavy (non-hydrogen) atoms. The number of halogens is 1. The molecule has 0 aliphatic heterocycles. The molecule has 3 rings (SSSR count). The second-order valence-corrected chi connectivity index (χ2v) is 7.00. The first-order valence-corrected chi connectivity index (χ1v) is 9.27. The van der Waals surface area contributed by atoms with Gasteiger partial charge in [0.05, 0.1) is 19.9 Å². The fourth-order valence-corrected chi connectivity index (χ4v) is 3.20. The number of rotatable bonds is 5.